The van der Waals surface area contributed by atoms with Gasteiger partial charge >= 0.3 is 0 Å². The zero-order chi connectivity index (χ0) is 13.1. The van der Waals surface area contributed by atoms with Gasteiger partial charge in [0.25, 0.3) is 0 Å². The van der Waals surface area contributed by atoms with Gasteiger partial charge in [-0.3, -0.25) is 4.90 Å². The summed E-state index contributed by atoms with van der Waals surface area (Å²) < 4.78 is 5.93. The van der Waals surface area contributed by atoms with Crippen molar-refractivity contribution in [3.05, 3.63) is 11.1 Å². The lowest BCUT2D eigenvalue weighted by Gasteiger charge is -2.43. The van der Waals surface area contributed by atoms with Crippen molar-refractivity contribution in [3.63, 3.8) is 0 Å². The second kappa shape index (κ2) is 6.20. The molecule has 1 aliphatic heterocycles. The van der Waals surface area contributed by atoms with Crippen LogP contribution in [-0.2, 0) is 11.3 Å². The molecule has 1 aliphatic carbocycles. The summed E-state index contributed by atoms with van der Waals surface area (Å²) in [5, 5.41) is 4.33. The van der Waals surface area contributed by atoms with E-state index in [0.717, 1.165) is 31.4 Å². The normalized spacial score (nSPS) is 28.1. The second-order valence-corrected chi connectivity index (χ2v) is 6.51. The van der Waals surface area contributed by atoms with Crippen molar-refractivity contribution in [2.24, 2.45) is 0 Å². The molecule has 1 aromatic heterocycles. The third-order valence-corrected chi connectivity index (χ3v) is 5.03. The Bertz CT molecular complexity index is 407. The largest absolute Gasteiger partial charge is 0.375 e. The third-order valence-electron chi connectivity index (χ3n) is 4.09. The summed E-state index contributed by atoms with van der Waals surface area (Å²) in [4.78, 5) is 8.40. The molecule has 3 rings (SSSR count). The van der Waals surface area contributed by atoms with Gasteiger partial charge in [0.1, 0.15) is 0 Å². The molecule has 0 bridgehead atoms. The molecule has 2 atom stereocenters. The van der Waals surface area contributed by atoms with Crippen molar-refractivity contribution < 1.29 is 4.74 Å². The van der Waals surface area contributed by atoms with Crippen LogP contribution in [0.2, 0.25) is 0 Å². The van der Waals surface area contributed by atoms with Crippen molar-refractivity contribution in [1.82, 2.24) is 9.88 Å². The highest BCUT2D eigenvalue weighted by Crippen LogP contribution is 2.30. The number of anilines is 1. The molecule has 0 aromatic carbocycles. The predicted octanol–water partition coefficient (Wildman–Crippen LogP) is 2.72. The van der Waals surface area contributed by atoms with E-state index in [4.69, 9.17) is 4.74 Å². The van der Waals surface area contributed by atoms with Crippen molar-refractivity contribution in [3.8, 4) is 0 Å². The van der Waals surface area contributed by atoms with Gasteiger partial charge < -0.3 is 10.1 Å². The molecule has 2 aliphatic rings. The highest BCUT2D eigenvalue weighted by atomic mass is 32.1. The van der Waals surface area contributed by atoms with Gasteiger partial charge in [0.2, 0.25) is 0 Å². The van der Waals surface area contributed by atoms with Gasteiger partial charge in [0.15, 0.2) is 5.13 Å². The van der Waals surface area contributed by atoms with Crippen LogP contribution in [0.1, 0.15) is 37.5 Å². The third kappa shape index (κ3) is 3.09. The van der Waals surface area contributed by atoms with Crippen LogP contribution in [0.4, 0.5) is 5.13 Å². The van der Waals surface area contributed by atoms with E-state index in [0.29, 0.717) is 12.1 Å². The van der Waals surface area contributed by atoms with Crippen LogP contribution in [0.25, 0.3) is 0 Å². The van der Waals surface area contributed by atoms with E-state index in [9.17, 15) is 0 Å². The quantitative estimate of drug-likeness (QED) is 0.921. The Labute approximate surface area is 119 Å². The minimum Gasteiger partial charge on any atom is -0.375 e. The number of fused-ring (bicyclic) bond motifs is 1. The summed E-state index contributed by atoms with van der Waals surface area (Å²) in [7, 11) is 0. The first-order valence-corrected chi connectivity index (χ1v) is 8.22. The molecule has 1 saturated heterocycles. The van der Waals surface area contributed by atoms with E-state index >= 15 is 0 Å². The highest BCUT2D eigenvalue weighted by molar-refractivity contribution is 7.15. The topological polar surface area (TPSA) is 37.4 Å². The van der Waals surface area contributed by atoms with Crippen LogP contribution in [-0.4, -0.2) is 41.7 Å². The Morgan fingerprint density at radius 1 is 1.47 bits per heavy atom. The second-order valence-electron chi connectivity index (χ2n) is 5.39. The van der Waals surface area contributed by atoms with Gasteiger partial charge in [0, 0.05) is 36.8 Å². The highest BCUT2D eigenvalue weighted by Gasteiger charge is 2.34. The molecule has 2 unspecified atom stereocenters. The molecular formula is C14H23N3OS. The number of ether oxygens (including phenoxy) is 1. The Morgan fingerprint density at radius 3 is 3.26 bits per heavy atom. The SMILES string of the molecule is CCNc1ncc(CN2CCOC3CCCCC32)s1. The zero-order valence-corrected chi connectivity index (χ0v) is 12.4. The molecule has 1 N–H and O–H groups in total. The van der Waals surface area contributed by atoms with Crippen molar-refractivity contribution in [1.29, 1.82) is 0 Å². The van der Waals surface area contributed by atoms with E-state index in [2.05, 4.69) is 22.1 Å². The van der Waals surface area contributed by atoms with Gasteiger partial charge in [-0.05, 0) is 19.8 Å². The smallest absolute Gasteiger partial charge is 0.182 e. The Balaban J connectivity index is 1.63. The number of rotatable bonds is 4. The minimum absolute atomic E-state index is 0.476. The van der Waals surface area contributed by atoms with E-state index in [1.54, 1.807) is 11.3 Å². The maximum Gasteiger partial charge on any atom is 0.182 e. The molecule has 2 heterocycles. The number of nitrogens with one attached hydrogen (secondary N) is 1. The maximum atomic E-state index is 5.93. The first-order valence-electron chi connectivity index (χ1n) is 7.41. The number of thiazole rings is 1. The average molecular weight is 281 g/mol. The lowest BCUT2D eigenvalue weighted by atomic mass is 9.90. The Kier molecular flexibility index (Phi) is 4.35. The molecule has 4 nitrogen and oxygen atoms in total. The molecule has 5 heteroatoms. The monoisotopic (exact) mass is 281 g/mol. The van der Waals surface area contributed by atoms with Crippen LogP contribution in [0.3, 0.4) is 0 Å². The van der Waals surface area contributed by atoms with Crippen molar-refractivity contribution in [2.75, 3.05) is 25.0 Å². The average Bonchev–Trinajstić information content (AvgIpc) is 2.87. The molecule has 0 radical (unpaired) electrons. The number of hydrogen-bond donors (Lipinski definition) is 1. The van der Waals surface area contributed by atoms with E-state index in [1.165, 1.54) is 30.6 Å². The van der Waals surface area contributed by atoms with Crippen LogP contribution < -0.4 is 5.32 Å². The number of morpholine rings is 1. The van der Waals surface area contributed by atoms with Gasteiger partial charge in [-0.2, -0.15) is 0 Å². The first-order chi connectivity index (χ1) is 9.36. The number of hydrogen-bond acceptors (Lipinski definition) is 5. The molecule has 0 amide bonds. The molecule has 0 spiro atoms. The maximum absolute atomic E-state index is 5.93. The summed E-state index contributed by atoms with van der Waals surface area (Å²) in [6, 6.07) is 0.632. The van der Waals surface area contributed by atoms with Gasteiger partial charge in [0.05, 0.1) is 12.7 Å². The van der Waals surface area contributed by atoms with Crippen LogP contribution in [0.5, 0.6) is 0 Å². The Morgan fingerprint density at radius 2 is 2.37 bits per heavy atom. The fourth-order valence-electron chi connectivity index (χ4n) is 3.19. The zero-order valence-electron chi connectivity index (χ0n) is 11.6. The summed E-state index contributed by atoms with van der Waals surface area (Å²) >= 11 is 1.79. The fraction of sp³-hybridized carbons (Fsp3) is 0.786. The lowest BCUT2D eigenvalue weighted by molar-refractivity contribution is -0.0908. The van der Waals surface area contributed by atoms with Gasteiger partial charge in [-0.1, -0.05) is 12.8 Å². The summed E-state index contributed by atoms with van der Waals surface area (Å²) in [6.45, 7) is 6.04. The number of aromatic nitrogens is 1. The van der Waals surface area contributed by atoms with Gasteiger partial charge in [-0.25, -0.2) is 4.98 Å². The van der Waals surface area contributed by atoms with Gasteiger partial charge in [-0.15, -0.1) is 11.3 Å². The molecule has 19 heavy (non-hydrogen) atoms. The van der Waals surface area contributed by atoms with Crippen molar-refractivity contribution in [2.45, 2.75) is 51.3 Å². The standard InChI is InChI=1S/C14H23N3OS/c1-2-15-14-16-9-11(19-14)10-17-7-8-18-13-6-4-3-5-12(13)17/h9,12-13H,2-8,10H2,1H3,(H,15,16). The first kappa shape index (κ1) is 13.3. The lowest BCUT2D eigenvalue weighted by Crippen LogP contribution is -2.51. The minimum atomic E-state index is 0.476. The predicted molar refractivity (Wildman–Crippen MR) is 78.7 cm³/mol. The van der Waals surface area contributed by atoms with E-state index in [1.807, 2.05) is 6.20 Å². The van der Waals surface area contributed by atoms with E-state index < -0.39 is 0 Å². The van der Waals surface area contributed by atoms with Crippen LogP contribution in [0.15, 0.2) is 6.20 Å². The van der Waals surface area contributed by atoms with Crippen LogP contribution in [0, 0.1) is 0 Å². The molecule has 106 valence electrons. The van der Waals surface area contributed by atoms with Crippen LogP contribution >= 0.6 is 11.3 Å². The van der Waals surface area contributed by atoms with Crippen molar-refractivity contribution >= 4 is 16.5 Å². The molecule has 2 fully saturated rings. The Hall–Kier alpha value is -0.650. The summed E-state index contributed by atoms with van der Waals surface area (Å²) in [5.41, 5.74) is 0. The molecular weight excluding hydrogens is 258 g/mol. The molecule has 1 saturated carbocycles. The fourth-order valence-corrected chi connectivity index (χ4v) is 4.09. The molecule has 1 aromatic rings. The summed E-state index contributed by atoms with van der Waals surface area (Å²) in [5.74, 6) is 0. The number of nitrogens with zero attached hydrogens (tertiary/aromatic N) is 2. The summed E-state index contributed by atoms with van der Waals surface area (Å²) in [6.07, 6.45) is 7.72. The van der Waals surface area contributed by atoms with E-state index in [-0.39, 0.29) is 0 Å².